The Labute approximate surface area is 131 Å². The molecule has 0 aliphatic heterocycles. The maximum Gasteiger partial charge on any atom is 0.251 e. The molecule has 2 aliphatic rings. The Morgan fingerprint density at radius 3 is 2.45 bits per heavy atom. The van der Waals surface area contributed by atoms with E-state index in [-0.39, 0.29) is 11.7 Å². The molecule has 2 fully saturated rings. The summed E-state index contributed by atoms with van der Waals surface area (Å²) in [6.07, 6.45) is 4.89. The standard InChI is InChI=1S/C16H22N2O3S/c1-2-22(20,21)18-14-7-5-12(6-8-14)16(19)17-15-10-11-3-4-13(15)9-11/h5-8,11,13,15,18H,2-4,9-10H2,1H3,(H,17,19)/t11-,13-,15+/m1/s1. The molecule has 2 aliphatic carbocycles. The van der Waals surface area contributed by atoms with Crippen LogP contribution in [-0.2, 0) is 10.0 Å². The van der Waals surface area contributed by atoms with Crippen LogP contribution in [0.15, 0.2) is 24.3 Å². The summed E-state index contributed by atoms with van der Waals surface area (Å²) in [7, 11) is -3.28. The molecule has 1 aromatic carbocycles. The lowest BCUT2D eigenvalue weighted by atomic mass is 9.95. The van der Waals surface area contributed by atoms with Gasteiger partial charge in [0.25, 0.3) is 5.91 Å². The SMILES string of the molecule is CCS(=O)(=O)Nc1ccc(C(=O)N[C@H]2C[C@@H]3CC[C@@H]2C3)cc1. The number of carbonyl (C=O) groups excluding carboxylic acids is 1. The van der Waals surface area contributed by atoms with Gasteiger partial charge in [-0.1, -0.05) is 6.42 Å². The quantitative estimate of drug-likeness (QED) is 0.874. The largest absolute Gasteiger partial charge is 0.349 e. The fraction of sp³-hybridized carbons (Fsp3) is 0.562. The van der Waals surface area contributed by atoms with E-state index in [1.165, 1.54) is 19.3 Å². The highest BCUT2D eigenvalue weighted by Gasteiger charge is 2.40. The number of carbonyl (C=O) groups is 1. The number of amides is 1. The van der Waals surface area contributed by atoms with Crippen molar-refractivity contribution < 1.29 is 13.2 Å². The highest BCUT2D eigenvalue weighted by Crippen LogP contribution is 2.44. The third-order valence-corrected chi connectivity index (χ3v) is 6.16. The van der Waals surface area contributed by atoms with E-state index in [4.69, 9.17) is 0 Å². The summed E-state index contributed by atoms with van der Waals surface area (Å²) >= 11 is 0. The molecular formula is C16H22N2O3S. The molecular weight excluding hydrogens is 300 g/mol. The fourth-order valence-electron chi connectivity index (χ4n) is 3.61. The van der Waals surface area contributed by atoms with Crippen molar-refractivity contribution in [3.63, 3.8) is 0 Å². The van der Waals surface area contributed by atoms with Gasteiger partial charge in [0, 0.05) is 17.3 Å². The summed E-state index contributed by atoms with van der Waals surface area (Å²) in [5, 5.41) is 3.13. The normalized spacial score (nSPS) is 26.9. The molecule has 2 saturated carbocycles. The predicted octanol–water partition coefficient (Wildman–Crippen LogP) is 2.37. The number of sulfonamides is 1. The van der Waals surface area contributed by atoms with Crippen LogP contribution in [0.1, 0.15) is 43.0 Å². The van der Waals surface area contributed by atoms with Gasteiger partial charge >= 0.3 is 0 Å². The van der Waals surface area contributed by atoms with Crippen LogP contribution in [0, 0.1) is 11.8 Å². The van der Waals surface area contributed by atoms with Crippen LogP contribution < -0.4 is 10.0 Å². The molecule has 1 aromatic rings. The van der Waals surface area contributed by atoms with Gasteiger partial charge in [-0.15, -0.1) is 0 Å². The second kappa shape index (κ2) is 5.91. The van der Waals surface area contributed by atoms with Crippen LogP contribution in [0.3, 0.4) is 0 Å². The minimum absolute atomic E-state index is 0.0273. The van der Waals surface area contributed by atoms with E-state index in [9.17, 15) is 13.2 Å². The van der Waals surface area contributed by atoms with Crippen molar-refractivity contribution in [3.8, 4) is 0 Å². The summed E-state index contributed by atoms with van der Waals surface area (Å²) in [5.74, 6) is 1.40. The third-order valence-electron chi connectivity index (χ3n) is 4.86. The van der Waals surface area contributed by atoms with E-state index in [1.807, 2.05) is 0 Å². The molecule has 5 nitrogen and oxygen atoms in total. The van der Waals surface area contributed by atoms with Gasteiger partial charge in [0.15, 0.2) is 0 Å². The Morgan fingerprint density at radius 1 is 1.18 bits per heavy atom. The zero-order valence-corrected chi connectivity index (χ0v) is 13.5. The average Bonchev–Trinajstić information content (AvgIpc) is 3.10. The number of fused-ring (bicyclic) bond motifs is 2. The molecule has 22 heavy (non-hydrogen) atoms. The van der Waals surface area contributed by atoms with E-state index in [2.05, 4.69) is 10.0 Å². The molecule has 2 N–H and O–H groups in total. The molecule has 6 heteroatoms. The van der Waals surface area contributed by atoms with Gasteiger partial charge in [0.2, 0.25) is 10.0 Å². The Hall–Kier alpha value is -1.56. The molecule has 0 unspecified atom stereocenters. The van der Waals surface area contributed by atoms with Gasteiger partial charge in [0.1, 0.15) is 0 Å². The molecule has 0 heterocycles. The Balaban J connectivity index is 1.61. The molecule has 0 saturated heterocycles. The molecule has 0 spiro atoms. The maximum absolute atomic E-state index is 12.3. The predicted molar refractivity (Wildman–Crippen MR) is 86.2 cm³/mol. The van der Waals surface area contributed by atoms with Gasteiger partial charge < -0.3 is 5.32 Å². The second-order valence-electron chi connectivity index (χ2n) is 6.34. The number of rotatable bonds is 5. The summed E-state index contributed by atoms with van der Waals surface area (Å²) in [6.45, 7) is 1.58. The van der Waals surface area contributed by atoms with E-state index in [0.717, 1.165) is 12.3 Å². The zero-order chi connectivity index (χ0) is 15.7. The van der Waals surface area contributed by atoms with Crippen molar-refractivity contribution in [2.75, 3.05) is 10.5 Å². The number of benzene rings is 1. The minimum Gasteiger partial charge on any atom is -0.349 e. The molecule has 0 aromatic heterocycles. The van der Waals surface area contributed by atoms with Crippen LogP contribution in [0.2, 0.25) is 0 Å². The van der Waals surface area contributed by atoms with Crippen molar-refractivity contribution >= 4 is 21.6 Å². The summed E-state index contributed by atoms with van der Waals surface area (Å²) in [4.78, 5) is 12.3. The first kappa shape index (κ1) is 15.3. The van der Waals surface area contributed by atoms with Crippen LogP contribution in [0.4, 0.5) is 5.69 Å². The van der Waals surface area contributed by atoms with Crippen molar-refractivity contribution in [1.29, 1.82) is 0 Å². The summed E-state index contributed by atoms with van der Waals surface area (Å²) < 4.78 is 25.5. The summed E-state index contributed by atoms with van der Waals surface area (Å²) in [5.41, 5.74) is 1.06. The monoisotopic (exact) mass is 322 g/mol. The first-order chi connectivity index (χ1) is 10.5. The Bertz CT molecular complexity index is 654. The first-order valence-corrected chi connectivity index (χ1v) is 9.53. The van der Waals surface area contributed by atoms with Crippen LogP contribution in [0.25, 0.3) is 0 Å². The zero-order valence-electron chi connectivity index (χ0n) is 12.7. The molecule has 1 amide bonds. The highest BCUT2D eigenvalue weighted by molar-refractivity contribution is 7.92. The van der Waals surface area contributed by atoms with Gasteiger partial charge in [-0.2, -0.15) is 0 Å². The Morgan fingerprint density at radius 2 is 1.91 bits per heavy atom. The maximum atomic E-state index is 12.3. The van der Waals surface area contributed by atoms with Crippen LogP contribution in [0.5, 0.6) is 0 Å². The average molecular weight is 322 g/mol. The Kier molecular flexibility index (Phi) is 4.12. The van der Waals surface area contributed by atoms with Gasteiger partial charge in [-0.05, 0) is 62.3 Å². The second-order valence-corrected chi connectivity index (χ2v) is 8.35. The van der Waals surface area contributed by atoms with Crippen molar-refractivity contribution in [1.82, 2.24) is 5.32 Å². The van der Waals surface area contributed by atoms with Crippen molar-refractivity contribution in [2.45, 2.75) is 38.6 Å². The molecule has 0 radical (unpaired) electrons. The smallest absolute Gasteiger partial charge is 0.251 e. The first-order valence-electron chi connectivity index (χ1n) is 7.88. The number of nitrogens with one attached hydrogen (secondary N) is 2. The van der Waals surface area contributed by atoms with Crippen molar-refractivity contribution in [2.24, 2.45) is 11.8 Å². The van der Waals surface area contributed by atoms with Gasteiger partial charge in [-0.25, -0.2) is 8.42 Å². The lowest BCUT2D eigenvalue weighted by Crippen LogP contribution is -2.38. The van der Waals surface area contributed by atoms with E-state index in [1.54, 1.807) is 31.2 Å². The van der Waals surface area contributed by atoms with Crippen LogP contribution in [-0.4, -0.2) is 26.1 Å². The van der Waals surface area contributed by atoms with Gasteiger partial charge in [-0.3, -0.25) is 9.52 Å². The van der Waals surface area contributed by atoms with E-state index >= 15 is 0 Å². The van der Waals surface area contributed by atoms with Crippen molar-refractivity contribution in [3.05, 3.63) is 29.8 Å². The lowest BCUT2D eigenvalue weighted by Gasteiger charge is -2.22. The van der Waals surface area contributed by atoms with Crippen LogP contribution >= 0.6 is 0 Å². The molecule has 2 bridgehead atoms. The van der Waals surface area contributed by atoms with E-state index < -0.39 is 10.0 Å². The summed E-state index contributed by atoms with van der Waals surface area (Å²) in [6, 6.07) is 6.89. The highest BCUT2D eigenvalue weighted by atomic mass is 32.2. The minimum atomic E-state index is -3.28. The lowest BCUT2D eigenvalue weighted by molar-refractivity contribution is 0.0923. The number of hydrogen-bond acceptors (Lipinski definition) is 3. The molecule has 120 valence electrons. The topological polar surface area (TPSA) is 75.3 Å². The third kappa shape index (κ3) is 3.27. The molecule has 3 atom stereocenters. The molecule has 3 rings (SSSR count). The van der Waals surface area contributed by atoms with Gasteiger partial charge in [0.05, 0.1) is 5.75 Å². The fourth-order valence-corrected chi connectivity index (χ4v) is 4.25. The van der Waals surface area contributed by atoms with E-state index in [0.29, 0.717) is 23.2 Å². The number of hydrogen-bond donors (Lipinski definition) is 2. The number of anilines is 1.